The van der Waals surface area contributed by atoms with Crippen molar-refractivity contribution in [1.82, 2.24) is 5.32 Å². The molecule has 1 aromatic carbocycles. The van der Waals surface area contributed by atoms with Crippen LogP contribution in [-0.2, 0) is 10.0 Å². The highest BCUT2D eigenvalue weighted by molar-refractivity contribution is 7.89. The first-order chi connectivity index (χ1) is 8.46. The monoisotopic (exact) mass is 284 g/mol. The minimum absolute atomic E-state index is 0.0394. The summed E-state index contributed by atoms with van der Waals surface area (Å²) in [7, 11) is -3.39. The molecule has 1 heterocycles. The summed E-state index contributed by atoms with van der Waals surface area (Å²) in [5.41, 5.74) is 0. The fourth-order valence-corrected chi connectivity index (χ4v) is 3.23. The molecule has 1 aromatic heterocycles. The normalized spacial score (nSPS) is 13.9. The average molecular weight is 284 g/mol. The van der Waals surface area contributed by atoms with E-state index in [1.54, 1.807) is 11.3 Å². The highest BCUT2D eigenvalue weighted by atomic mass is 32.2. The van der Waals surface area contributed by atoms with Crippen LogP contribution in [-0.4, -0.2) is 20.7 Å². The number of hydrogen-bond acceptors (Lipinski definition) is 4. The van der Waals surface area contributed by atoms with E-state index < -0.39 is 10.0 Å². The Morgan fingerprint density at radius 1 is 1.39 bits per heavy atom. The third-order valence-corrected chi connectivity index (χ3v) is 4.78. The Hall–Kier alpha value is -0.950. The third kappa shape index (κ3) is 3.52. The van der Waals surface area contributed by atoms with Crippen LogP contribution in [0.4, 0.5) is 0 Å². The molecule has 0 bridgehead atoms. The zero-order chi connectivity index (χ0) is 13.2. The van der Waals surface area contributed by atoms with Gasteiger partial charge in [-0.25, -0.2) is 13.6 Å². The maximum atomic E-state index is 10.8. The minimum Gasteiger partial charge on any atom is -0.308 e. The Morgan fingerprint density at radius 3 is 2.78 bits per heavy atom. The maximum Gasteiger partial charge on any atom is 0.210 e. The Labute approximate surface area is 111 Å². The number of thiophene rings is 1. The predicted molar refractivity (Wildman–Crippen MR) is 76.2 cm³/mol. The maximum absolute atomic E-state index is 10.8. The van der Waals surface area contributed by atoms with Gasteiger partial charge in [-0.2, -0.15) is 0 Å². The van der Waals surface area contributed by atoms with Gasteiger partial charge in [0.15, 0.2) is 0 Å². The highest BCUT2D eigenvalue weighted by Crippen LogP contribution is 2.29. The van der Waals surface area contributed by atoms with Gasteiger partial charge >= 0.3 is 0 Å². The van der Waals surface area contributed by atoms with Crippen molar-refractivity contribution in [3.8, 4) is 0 Å². The molecule has 0 aliphatic heterocycles. The average Bonchev–Trinajstić information content (AvgIpc) is 2.70. The van der Waals surface area contributed by atoms with E-state index in [2.05, 4.69) is 23.5 Å². The van der Waals surface area contributed by atoms with Crippen LogP contribution in [0.3, 0.4) is 0 Å². The zero-order valence-corrected chi connectivity index (χ0v) is 11.7. The Balaban J connectivity index is 2.02. The van der Waals surface area contributed by atoms with Gasteiger partial charge in [-0.1, -0.05) is 18.2 Å². The van der Waals surface area contributed by atoms with Crippen LogP contribution in [0.1, 0.15) is 17.8 Å². The van der Waals surface area contributed by atoms with Gasteiger partial charge in [0, 0.05) is 22.2 Å². The van der Waals surface area contributed by atoms with Crippen molar-refractivity contribution in [2.75, 3.05) is 12.3 Å². The van der Waals surface area contributed by atoms with E-state index in [1.165, 1.54) is 15.0 Å². The van der Waals surface area contributed by atoms with Crippen LogP contribution in [0.5, 0.6) is 0 Å². The van der Waals surface area contributed by atoms with Crippen molar-refractivity contribution in [1.29, 1.82) is 0 Å². The van der Waals surface area contributed by atoms with Gasteiger partial charge in [0.1, 0.15) is 0 Å². The van der Waals surface area contributed by atoms with Crippen molar-refractivity contribution >= 4 is 31.4 Å². The van der Waals surface area contributed by atoms with Gasteiger partial charge < -0.3 is 5.32 Å². The second-order valence-corrected chi connectivity index (χ2v) is 7.08. The first kappa shape index (κ1) is 13.5. The van der Waals surface area contributed by atoms with Crippen LogP contribution in [0.15, 0.2) is 30.3 Å². The summed E-state index contributed by atoms with van der Waals surface area (Å²) in [4.78, 5) is 1.20. The fraction of sp³-hybridized carbons (Fsp3) is 0.333. The molecule has 0 radical (unpaired) electrons. The lowest BCUT2D eigenvalue weighted by molar-refractivity contribution is 0.577. The SMILES string of the molecule is CC(NCCS(N)(=O)=O)c1cc2ccccc2s1. The van der Waals surface area contributed by atoms with Crippen molar-refractivity contribution < 1.29 is 8.42 Å². The summed E-state index contributed by atoms with van der Waals surface area (Å²) in [6.07, 6.45) is 0. The largest absolute Gasteiger partial charge is 0.308 e. The molecule has 0 amide bonds. The summed E-state index contributed by atoms with van der Waals surface area (Å²) >= 11 is 1.72. The molecule has 0 saturated heterocycles. The van der Waals surface area contributed by atoms with Crippen LogP contribution in [0.25, 0.3) is 10.1 Å². The number of nitrogens with one attached hydrogen (secondary N) is 1. The van der Waals surface area contributed by atoms with Gasteiger partial charge in [-0.05, 0) is 24.4 Å². The first-order valence-corrected chi connectivity index (χ1v) is 8.21. The quantitative estimate of drug-likeness (QED) is 0.880. The molecule has 0 aliphatic rings. The molecular weight excluding hydrogens is 268 g/mol. The zero-order valence-electron chi connectivity index (χ0n) is 10.1. The lowest BCUT2D eigenvalue weighted by Gasteiger charge is -2.10. The molecular formula is C12H16N2O2S2. The van der Waals surface area contributed by atoms with Gasteiger partial charge in [-0.3, -0.25) is 0 Å². The molecule has 0 saturated carbocycles. The lowest BCUT2D eigenvalue weighted by Crippen LogP contribution is -2.28. The fourth-order valence-electron chi connectivity index (χ4n) is 1.73. The summed E-state index contributed by atoms with van der Waals surface area (Å²) in [5.74, 6) is -0.0394. The standard InChI is InChI=1S/C12H16N2O2S2/c1-9(14-6-7-18(13,15)16)12-8-10-4-2-3-5-11(10)17-12/h2-5,8-9,14H,6-7H2,1H3,(H2,13,15,16). The highest BCUT2D eigenvalue weighted by Gasteiger charge is 2.10. The first-order valence-electron chi connectivity index (χ1n) is 5.68. The van der Waals surface area contributed by atoms with E-state index in [0.717, 1.165) is 0 Å². The summed E-state index contributed by atoms with van der Waals surface area (Å²) in [5, 5.41) is 9.34. The van der Waals surface area contributed by atoms with Crippen molar-refractivity contribution in [3.05, 3.63) is 35.2 Å². The lowest BCUT2D eigenvalue weighted by atomic mass is 10.2. The van der Waals surface area contributed by atoms with E-state index in [9.17, 15) is 8.42 Å². The van der Waals surface area contributed by atoms with Gasteiger partial charge in [-0.15, -0.1) is 11.3 Å². The Kier molecular flexibility index (Phi) is 4.01. The third-order valence-electron chi connectivity index (χ3n) is 2.71. The van der Waals surface area contributed by atoms with Crippen LogP contribution in [0.2, 0.25) is 0 Å². The van der Waals surface area contributed by atoms with E-state index >= 15 is 0 Å². The predicted octanol–water partition coefficient (Wildman–Crippen LogP) is 1.84. The molecule has 1 atom stereocenters. The Morgan fingerprint density at radius 2 is 2.11 bits per heavy atom. The smallest absolute Gasteiger partial charge is 0.210 e. The summed E-state index contributed by atoms with van der Waals surface area (Å²) in [6.45, 7) is 2.39. The second kappa shape index (κ2) is 5.36. The molecule has 1 unspecified atom stereocenters. The number of benzene rings is 1. The number of nitrogens with two attached hydrogens (primary N) is 1. The van der Waals surface area contributed by atoms with Crippen molar-refractivity contribution in [3.63, 3.8) is 0 Å². The molecule has 4 nitrogen and oxygen atoms in total. The Bertz CT molecular complexity index is 601. The number of primary sulfonamides is 1. The van der Waals surface area contributed by atoms with E-state index in [0.29, 0.717) is 6.54 Å². The number of rotatable bonds is 5. The summed E-state index contributed by atoms with van der Waals surface area (Å²) < 4.78 is 22.9. The van der Waals surface area contributed by atoms with E-state index in [1.807, 2.05) is 19.1 Å². The van der Waals surface area contributed by atoms with Crippen molar-refractivity contribution in [2.24, 2.45) is 5.14 Å². The van der Waals surface area contributed by atoms with Crippen molar-refractivity contribution in [2.45, 2.75) is 13.0 Å². The number of hydrogen-bond donors (Lipinski definition) is 2. The van der Waals surface area contributed by atoms with Gasteiger partial charge in [0.05, 0.1) is 5.75 Å². The molecule has 3 N–H and O–H groups in total. The number of fused-ring (bicyclic) bond motifs is 1. The molecule has 18 heavy (non-hydrogen) atoms. The summed E-state index contributed by atoms with van der Waals surface area (Å²) in [6, 6.07) is 10.4. The molecule has 0 spiro atoms. The second-order valence-electron chi connectivity index (χ2n) is 4.23. The molecule has 0 fully saturated rings. The van der Waals surface area contributed by atoms with Gasteiger partial charge in [0.25, 0.3) is 0 Å². The molecule has 98 valence electrons. The van der Waals surface area contributed by atoms with Gasteiger partial charge in [0.2, 0.25) is 10.0 Å². The number of sulfonamides is 1. The van der Waals surface area contributed by atoms with E-state index in [-0.39, 0.29) is 11.8 Å². The molecule has 2 rings (SSSR count). The van der Waals surface area contributed by atoms with E-state index in [4.69, 9.17) is 5.14 Å². The van der Waals surface area contributed by atoms with Crippen LogP contribution >= 0.6 is 11.3 Å². The minimum atomic E-state index is -3.39. The molecule has 2 aromatic rings. The molecule has 0 aliphatic carbocycles. The van der Waals surface area contributed by atoms with Crippen LogP contribution in [0, 0.1) is 0 Å². The van der Waals surface area contributed by atoms with Crippen LogP contribution < -0.4 is 10.5 Å². The topological polar surface area (TPSA) is 72.2 Å². The molecule has 6 heteroatoms.